The molecule has 0 unspecified atom stereocenters. The highest BCUT2D eigenvalue weighted by atomic mass is 79.9. The lowest BCUT2D eigenvalue weighted by molar-refractivity contribution is 0.0921. The van der Waals surface area contributed by atoms with Crippen LogP contribution in [0, 0.1) is 0 Å². The van der Waals surface area contributed by atoms with Crippen molar-refractivity contribution in [2.75, 3.05) is 0 Å². The summed E-state index contributed by atoms with van der Waals surface area (Å²) in [4.78, 5) is 12.5. The SMILES string of the molecule is O=C(NC1CCCCCCC1)c1cc(Br)cn1C1CC1. The van der Waals surface area contributed by atoms with Crippen molar-refractivity contribution in [2.24, 2.45) is 0 Å². The van der Waals surface area contributed by atoms with Crippen LogP contribution in [0.4, 0.5) is 0 Å². The second kappa shape index (κ2) is 6.33. The number of carbonyl (C=O) groups excluding carboxylic acids is 1. The van der Waals surface area contributed by atoms with Crippen molar-refractivity contribution in [1.29, 1.82) is 0 Å². The Balaban J connectivity index is 1.65. The van der Waals surface area contributed by atoms with E-state index in [-0.39, 0.29) is 5.91 Å². The summed E-state index contributed by atoms with van der Waals surface area (Å²) in [7, 11) is 0. The summed E-state index contributed by atoms with van der Waals surface area (Å²) in [5.41, 5.74) is 0.821. The molecule has 2 saturated carbocycles. The van der Waals surface area contributed by atoms with Crippen LogP contribution in [-0.4, -0.2) is 16.5 Å². The van der Waals surface area contributed by atoms with Gasteiger partial charge < -0.3 is 9.88 Å². The Hall–Kier alpha value is -0.770. The minimum Gasteiger partial charge on any atom is -0.348 e. The van der Waals surface area contributed by atoms with E-state index in [1.165, 1.54) is 44.9 Å². The lowest BCUT2D eigenvalue weighted by atomic mass is 9.96. The topological polar surface area (TPSA) is 34.0 Å². The summed E-state index contributed by atoms with van der Waals surface area (Å²) >= 11 is 3.49. The average molecular weight is 339 g/mol. The Morgan fingerprint density at radius 2 is 1.75 bits per heavy atom. The third kappa shape index (κ3) is 3.46. The van der Waals surface area contributed by atoms with Crippen molar-refractivity contribution in [3.05, 3.63) is 22.4 Å². The lowest BCUT2D eigenvalue weighted by Gasteiger charge is -2.21. The Morgan fingerprint density at radius 3 is 2.40 bits per heavy atom. The van der Waals surface area contributed by atoms with E-state index in [1.54, 1.807) is 0 Å². The van der Waals surface area contributed by atoms with Crippen LogP contribution in [0.5, 0.6) is 0 Å². The Kier molecular flexibility index (Phi) is 4.49. The molecule has 20 heavy (non-hydrogen) atoms. The molecule has 0 aliphatic heterocycles. The molecular formula is C16H23BrN2O. The molecule has 1 N–H and O–H groups in total. The lowest BCUT2D eigenvalue weighted by Crippen LogP contribution is -2.36. The quantitative estimate of drug-likeness (QED) is 0.869. The normalized spacial score (nSPS) is 21.2. The zero-order chi connectivity index (χ0) is 13.9. The maximum atomic E-state index is 12.5. The minimum atomic E-state index is 0.105. The zero-order valence-corrected chi connectivity index (χ0v) is 13.5. The van der Waals surface area contributed by atoms with Gasteiger partial charge in [-0.2, -0.15) is 0 Å². The first-order chi connectivity index (χ1) is 9.74. The number of hydrogen-bond donors (Lipinski definition) is 1. The van der Waals surface area contributed by atoms with Crippen LogP contribution in [0.2, 0.25) is 0 Å². The van der Waals surface area contributed by atoms with Gasteiger partial charge in [-0.15, -0.1) is 0 Å². The molecule has 0 spiro atoms. The summed E-state index contributed by atoms with van der Waals surface area (Å²) in [6, 6.07) is 2.86. The Morgan fingerprint density at radius 1 is 1.10 bits per heavy atom. The number of amides is 1. The number of hydrogen-bond acceptors (Lipinski definition) is 1. The van der Waals surface area contributed by atoms with Crippen LogP contribution in [0.25, 0.3) is 0 Å². The first kappa shape index (κ1) is 14.2. The first-order valence-electron chi connectivity index (χ1n) is 7.92. The number of nitrogens with one attached hydrogen (secondary N) is 1. The maximum absolute atomic E-state index is 12.5. The number of rotatable bonds is 3. The summed E-state index contributed by atoms with van der Waals surface area (Å²) in [6.45, 7) is 0. The van der Waals surface area contributed by atoms with E-state index in [4.69, 9.17) is 0 Å². The zero-order valence-electron chi connectivity index (χ0n) is 11.9. The smallest absolute Gasteiger partial charge is 0.268 e. The average Bonchev–Trinajstić information content (AvgIpc) is 3.15. The third-order valence-corrected chi connectivity index (χ3v) is 4.86. The molecule has 0 bridgehead atoms. The molecule has 3 rings (SSSR count). The van der Waals surface area contributed by atoms with Crippen molar-refractivity contribution < 1.29 is 4.79 Å². The Bertz CT molecular complexity index is 471. The van der Waals surface area contributed by atoms with Crippen LogP contribution < -0.4 is 5.32 Å². The summed E-state index contributed by atoms with van der Waals surface area (Å²) in [5.74, 6) is 0.105. The van der Waals surface area contributed by atoms with E-state index in [0.717, 1.165) is 23.0 Å². The van der Waals surface area contributed by atoms with Crippen LogP contribution in [0.1, 0.15) is 74.3 Å². The van der Waals surface area contributed by atoms with E-state index >= 15 is 0 Å². The molecule has 4 heteroatoms. The molecule has 2 aliphatic carbocycles. The highest BCUT2D eigenvalue weighted by Crippen LogP contribution is 2.37. The summed E-state index contributed by atoms with van der Waals surface area (Å²) in [6.07, 6.45) is 13.2. The van der Waals surface area contributed by atoms with Crippen LogP contribution in [0.15, 0.2) is 16.7 Å². The monoisotopic (exact) mass is 338 g/mol. The van der Waals surface area contributed by atoms with E-state index in [2.05, 4.69) is 25.8 Å². The molecule has 0 saturated heterocycles. The maximum Gasteiger partial charge on any atom is 0.268 e. The second-order valence-electron chi connectivity index (χ2n) is 6.20. The molecule has 3 nitrogen and oxygen atoms in total. The molecule has 1 aromatic rings. The fourth-order valence-electron chi connectivity index (χ4n) is 3.14. The van der Waals surface area contributed by atoms with Crippen molar-refractivity contribution >= 4 is 21.8 Å². The van der Waals surface area contributed by atoms with Crippen LogP contribution in [-0.2, 0) is 0 Å². The molecule has 1 aromatic heterocycles. The van der Waals surface area contributed by atoms with Gasteiger partial charge in [0.15, 0.2) is 0 Å². The number of aromatic nitrogens is 1. The fourth-order valence-corrected chi connectivity index (χ4v) is 3.58. The van der Waals surface area contributed by atoms with E-state index in [9.17, 15) is 4.79 Å². The van der Waals surface area contributed by atoms with Gasteiger partial charge in [0, 0.05) is 22.8 Å². The van der Waals surface area contributed by atoms with Gasteiger partial charge in [0.25, 0.3) is 5.91 Å². The largest absolute Gasteiger partial charge is 0.348 e. The van der Waals surface area contributed by atoms with Gasteiger partial charge in [-0.3, -0.25) is 4.79 Å². The van der Waals surface area contributed by atoms with Gasteiger partial charge in [-0.1, -0.05) is 32.1 Å². The van der Waals surface area contributed by atoms with Crippen LogP contribution in [0.3, 0.4) is 0 Å². The van der Waals surface area contributed by atoms with Crippen molar-refractivity contribution in [3.8, 4) is 0 Å². The van der Waals surface area contributed by atoms with Gasteiger partial charge >= 0.3 is 0 Å². The van der Waals surface area contributed by atoms with Gasteiger partial charge in [0.2, 0.25) is 0 Å². The Labute approximate surface area is 129 Å². The molecule has 0 aromatic carbocycles. The van der Waals surface area contributed by atoms with Crippen molar-refractivity contribution in [2.45, 2.75) is 69.9 Å². The van der Waals surface area contributed by atoms with E-state index in [1.807, 2.05) is 12.3 Å². The third-order valence-electron chi connectivity index (χ3n) is 4.43. The molecule has 2 aliphatic rings. The number of halogens is 1. The van der Waals surface area contributed by atoms with Crippen molar-refractivity contribution in [3.63, 3.8) is 0 Å². The molecule has 2 fully saturated rings. The molecule has 1 amide bonds. The standard InChI is InChI=1S/C16H23BrN2O/c17-12-10-15(19(11-12)14-8-9-14)16(20)18-13-6-4-2-1-3-5-7-13/h10-11,13-14H,1-9H2,(H,18,20). The highest BCUT2D eigenvalue weighted by molar-refractivity contribution is 9.10. The molecule has 110 valence electrons. The van der Waals surface area contributed by atoms with Gasteiger partial charge in [0.1, 0.15) is 5.69 Å². The molecule has 0 atom stereocenters. The van der Waals surface area contributed by atoms with E-state index < -0.39 is 0 Å². The summed E-state index contributed by atoms with van der Waals surface area (Å²) in [5, 5.41) is 3.26. The van der Waals surface area contributed by atoms with Gasteiger partial charge in [-0.25, -0.2) is 0 Å². The highest BCUT2D eigenvalue weighted by Gasteiger charge is 2.28. The summed E-state index contributed by atoms with van der Waals surface area (Å²) < 4.78 is 3.15. The first-order valence-corrected chi connectivity index (χ1v) is 8.71. The second-order valence-corrected chi connectivity index (χ2v) is 7.11. The van der Waals surface area contributed by atoms with Crippen molar-refractivity contribution in [1.82, 2.24) is 9.88 Å². The predicted octanol–water partition coefficient (Wildman–Crippen LogP) is 4.43. The predicted molar refractivity (Wildman–Crippen MR) is 84.0 cm³/mol. The number of nitrogens with zero attached hydrogens (tertiary/aromatic N) is 1. The van der Waals surface area contributed by atoms with Gasteiger partial charge in [0.05, 0.1) is 0 Å². The number of carbonyl (C=O) groups is 1. The molecule has 1 heterocycles. The minimum absolute atomic E-state index is 0.105. The van der Waals surface area contributed by atoms with Gasteiger partial charge in [-0.05, 0) is 47.7 Å². The fraction of sp³-hybridized carbons (Fsp3) is 0.688. The molecule has 0 radical (unpaired) electrons. The molecular weight excluding hydrogens is 316 g/mol. The van der Waals surface area contributed by atoms with Crippen LogP contribution >= 0.6 is 15.9 Å². The van der Waals surface area contributed by atoms with E-state index in [0.29, 0.717) is 12.1 Å².